The molecule has 0 aromatic heterocycles. The highest BCUT2D eigenvalue weighted by molar-refractivity contribution is 7.89. The van der Waals surface area contributed by atoms with Crippen molar-refractivity contribution in [2.45, 2.75) is 18.2 Å². The highest BCUT2D eigenvalue weighted by Crippen LogP contribution is 2.18. The van der Waals surface area contributed by atoms with Crippen molar-refractivity contribution in [2.24, 2.45) is 5.73 Å². The molecule has 104 valence electrons. The van der Waals surface area contributed by atoms with Gasteiger partial charge in [0.05, 0.1) is 0 Å². The second-order valence-electron chi connectivity index (χ2n) is 3.57. The average molecular weight is 301 g/mol. The van der Waals surface area contributed by atoms with Gasteiger partial charge in [0.25, 0.3) is 0 Å². The lowest BCUT2D eigenvalue weighted by Crippen LogP contribution is -2.27. The summed E-state index contributed by atoms with van der Waals surface area (Å²) in [5.74, 6) is -1.73. The first-order valence-electron chi connectivity index (χ1n) is 5.04. The molecule has 4 nitrogen and oxygen atoms in total. The van der Waals surface area contributed by atoms with E-state index in [-0.39, 0.29) is 24.5 Å². The van der Waals surface area contributed by atoms with Crippen molar-refractivity contribution < 1.29 is 17.2 Å². The number of hydrogen-bond acceptors (Lipinski definition) is 3. The van der Waals surface area contributed by atoms with Gasteiger partial charge in [-0.3, -0.25) is 0 Å². The van der Waals surface area contributed by atoms with Crippen LogP contribution < -0.4 is 10.5 Å². The highest BCUT2D eigenvalue weighted by Gasteiger charge is 2.20. The van der Waals surface area contributed by atoms with Gasteiger partial charge < -0.3 is 5.73 Å². The lowest BCUT2D eigenvalue weighted by molar-refractivity contribution is 0.542. The molecule has 0 amide bonds. The Kier molecular flexibility index (Phi) is 6.69. The Balaban J connectivity index is 0.00000289. The summed E-state index contributed by atoms with van der Waals surface area (Å²) in [6.45, 7) is 1.76. The molecular weight excluding hydrogens is 286 g/mol. The number of halogens is 3. The van der Waals surface area contributed by atoms with E-state index in [1.165, 1.54) is 6.92 Å². The molecule has 0 bridgehead atoms. The molecule has 0 aliphatic heterocycles. The van der Waals surface area contributed by atoms with Gasteiger partial charge in [-0.1, -0.05) is 0 Å². The molecule has 18 heavy (non-hydrogen) atoms. The minimum Gasteiger partial charge on any atom is -0.330 e. The maximum Gasteiger partial charge on any atom is 0.243 e. The summed E-state index contributed by atoms with van der Waals surface area (Å²) in [6, 6.07) is 1.53. The van der Waals surface area contributed by atoms with Crippen LogP contribution in [0.4, 0.5) is 8.78 Å². The van der Waals surface area contributed by atoms with E-state index in [1.807, 2.05) is 0 Å². The van der Waals surface area contributed by atoms with Crippen LogP contribution in [0.3, 0.4) is 0 Å². The topological polar surface area (TPSA) is 72.2 Å². The Morgan fingerprint density at radius 2 is 1.89 bits per heavy atom. The lowest BCUT2D eigenvalue weighted by atomic mass is 10.2. The van der Waals surface area contributed by atoms with Gasteiger partial charge >= 0.3 is 0 Å². The molecule has 0 fully saturated rings. The Bertz CT molecular complexity index is 509. The zero-order valence-corrected chi connectivity index (χ0v) is 11.4. The number of nitrogens with two attached hydrogens (primary N) is 1. The van der Waals surface area contributed by atoms with Crippen molar-refractivity contribution in [1.82, 2.24) is 4.72 Å². The second-order valence-corrected chi connectivity index (χ2v) is 5.31. The Hall–Kier alpha value is -0.760. The number of hydrogen-bond donors (Lipinski definition) is 2. The number of aryl methyl sites for hydroxylation is 1. The SMILES string of the molecule is Cc1cc(F)c(S(=O)(=O)NCCCN)cc1F.Cl. The van der Waals surface area contributed by atoms with Gasteiger partial charge in [0.2, 0.25) is 10.0 Å². The van der Waals surface area contributed by atoms with E-state index in [0.29, 0.717) is 19.0 Å². The van der Waals surface area contributed by atoms with Crippen LogP contribution in [-0.2, 0) is 10.0 Å². The average Bonchev–Trinajstić information content (AvgIpc) is 2.23. The van der Waals surface area contributed by atoms with Gasteiger partial charge in [-0.15, -0.1) is 12.4 Å². The van der Waals surface area contributed by atoms with Crippen LogP contribution in [-0.4, -0.2) is 21.5 Å². The Morgan fingerprint density at radius 3 is 2.44 bits per heavy atom. The van der Waals surface area contributed by atoms with Crippen molar-refractivity contribution in [3.63, 3.8) is 0 Å². The third-order valence-electron chi connectivity index (χ3n) is 2.18. The summed E-state index contributed by atoms with van der Waals surface area (Å²) in [5, 5.41) is 0. The van der Waals surface area contributed by atoms with Gasteiger partial charge in [0.15, 0.2) is 0 Å². The minimum atomic E-state index is -4.02. The molecule has 0 saturated carbocycles. The van der Waals surface area contributed by atoms with Crippen molar-refractivity contribution in [3.05, 3.63) is 29.3 Å². The Morgan fingerprint density at radius 1 is 1.28 bits per heavy atom. The van der Waals surface area contributed by atoms with E-state index in [1.54, 1.807) is 0 Å². The fourth-order valence-electron chi connectivity index (χ4n) is 1.22. The summed E-state index contributed by atoms with van der Waals surface area (Å²) in [4.78, 5) is -0.683. The molecule has 8 heteroatoms. The van der Waals surface area contributed by atoms with Crippen molar-refractivity contribution in [1.29, 1.82) is 0 Å². The van der Waals surface area contributed by atoms with Crippen LogP contribution in [0.1, 0.15) is 12.0 Å². The first-order chi connectivity index (χ1) is 7.88. The molecule has 0 atom stereocenters. The number of sulfonamides is 1. The normalized spacial score (nSPS) is 11.1. The minimum absolute atomic E-state index is 0. The summed E-state index contributed by atoms with van der Waals surface area (Å²) in [6.07, 6.45) is 0.426. The van der Waals surface area contributed by atoms with Gasteiger partial charge in [0.1, 0.15) is 16.5 Å². The zero-order chi connectivity index (χ0) is 13.1. The maximum atomic E-state index is 13.4. The van der Waals surface area contributed by atoms with Gasteiger partial charge in [-0.05, 0) is 37.6 Å². The number of nitrogens with one attached hydrogen (secondary N) is 1. The second kappa shape index (κ2) is 6.98. The standard InChI is InChI=1S/C10H14F2N2O2S.ClH/c1-7-5-9(12)10(6-8(7)11)17(15,16)14-4-2-3-13;/h5-6,14H,2-4,13H2,1H3;1H. The van der Waals surface area contributed by atoms with Crippen LogP contribution in [0, 0.1) is 18.6 Å². The van der Waals surface area contributed by atoms with Crippen LogP contribution >= 0.6 is 12.4 Å². The molecule has 0 unspecified atom stereocenters. The molecule has 0 aliphatic carbocycles. The number of benzene rings is 1. The third kappa shape index (κ3) is 4.16. The van der Waals surface area contributed by atoms with Gasteiger partial charge in [-0.2, -0.15) is 0 Å². The molecule has 1 aromatic rings. The van der Waals surface area contributed by atoms with Crippen LogP contribution in [0.15, 0.2) is 17.0 Å². The van der Waals surface area contributed by atoms with Crippen LogP contribution in [0.2, 0.25) is 0 Å². The molecule has 0 radical (unpaired) electrons. The van der Waals surface area contributed by atoms with Crippen molar-refractivity contribution in [2.75, 3.05) is 13.1 Å². The fraction of sp³-hybridized carbons (Fsp3) is 0.400. The van der Waals surface area contributed by atoms with E-state index in [2.05, 4.69) is 4.72 Å². The predicted octanol–water partition coefficient (Wildman–Crippen LogP) is 1.32. The van der Waals surface area contributed by atoms with Crippen LogP contribution in [0.5, 0.6) is 0 Å². The molecule has 1 aromatic carbocycles. The molecule has 0 saturated heterocycles. The molecular formula is C10H15ClF2N2O2S. The first kappa shape index (κ1) is 17.2. The molecule has 1 rings (SSSR count). The zero-order valence-electron chi connectivity index (χ0n) is 9.74. The monoisotopic (exact) mass is 300 g/mol. The van der Waals surface area contributed by atoms with Crippen molar-refractivity contribution >= 4 is 22.4 Å². The van der Waals surface area contributed by atoms with E-state index >= 15 is 0 Å². The van der Waals surface area contributed by atoms with E-state index in [0.717, 1.165) is 6.07 Å². The van der Waals surface area contributed by atoms with E-state index in [9.17, 15) is 17.2 Å². The molecule has 0 heterocycles. The van der Waals surface area contributed by atoms with Crippen molar-refractivity contribution in [3.8, 4) is 0 Å². The summed E-state index contributed by atoms with van der Waals surface area (Å²) < 4.78 is 52.0. The van der Waals surface area contributed by atoms with Crippen LogP contribution in [0.25, 0.3) is 0 Å². The Labute approximate surface area is 111 Å². The quantitative estimate of drug-likeness (QED) is 0.806. The van der Waals surface area contributed by atoms with E-state index < -0.39 is 26.6 Å². The molecule has 0 aliphatic rings. The molecule has 0 spiro atoms. The summed E-state index contributed by atoms with van der Waals surface area (Å²) in [5.41, 5.74) is 5.26. The lowest BCUT2D eigenvalue weighted by Gasteiger charge is -2.08. The first-order valence-corrected chi connectivity index (χ1v) is 6.52. The smallest absolute Gasteiger partial charge is 0.243 e. The third-order valence-corrected chi connectivity index (χ3v) is 3.65. The summed E-state index contributed by atoms with van der Waals surface area (Å²) >= 11 is 0. The largest absolute Gasteiger partial charge is 0.330 e. The molecule has 3 N–H and O–H groups in total. The summed E-state index contributed by atoms with van der Waals surface area (Å²) in [7, 11) is -4.02. The maximum absolute atomic E-state index is 13.4. The highest BCUT2D eigenvalue weighted by atomic mass is 35.5. The predicted molar refractivity (Wildman–Crippen MR) is 67.2 cm³/mol. The van der Waals surface area contributed by atoms with Gasteiger partial charge in [-0.25, -0.2) is 21.9 Å². The van der Waals surface area contributed by atoms with Gasteiger partial charge in [0, 0.05) is 6.54 Å². The number of rotatable bonds is 5. The fourth-order valence-corrected chi connectivity index (χ4v) is 2.36. The van der Waals surface area contributed by atoms with E-state index in [4.69, 9.17) is 5.73 Å².